The Morgan fingerprint density at radius 1 is 0.960 bits per heavy atom. The summed E-state index contributed by atoms with van der Waals surface area (Å²) in [7, 11) is 0. The summed E-state index contributed by atoms with van der Waals surface area (Å²) in [5, 5.41) is 4.07. The highest BCUT2D eigenvalue weighted by molar-refractivity contribution is 6.08. The first-order valence-corrected chi connectivity index (χ1v) is 8.54. The number of hydrogen-bond donors (Lipinski definition) is 0. The molecule has 2 aliphatic rings. The van der Waals surface area contributed by atoms with Gasteiger partial charge in [-0.2, -0.15) is 0 Å². The van der Waals surface area contributed by atoms with Gasteiger partial charge in [-0.15, -0.1) is 0 Å². The second-order valence-electron chi connectivity index (χ2n) is 8.61. The molecular weight excluding hydrogens is 314 g/mol. The maximum Gasteiger partial charge on any atom is 0.361 e. The van der Waals surface area contributed by atoms with Crippen LogP contribution in [0.15, 0.2) is 58.8 Å². The van der Waals surface area contributed by atoms with Gasteiger partial charge in [0.25, 0.3) is 5.90 Å². The van der Waals surface area contributed by atoms with Crippen LogP contribution in [0.3, 0.4) is 0 Å². The topological polar surface area (TPSA) is 47.9 Å². The fraction of sp³-hybridized carbons (Fsp3) is 0.429. The summed E-state index contributed by atoms with van der Waals surface area (Å²) in [6, 6.07) is 9.46. The largest absolute Gasteiger partial charge is 0.420 e. The molecule has 132 valence electrons. The first kappa shape index (κ1) is 17.5. The van der Waals surface area contributed by atoms with Crippen LogP contribution in [-0.4, -0.2) is 17.5 Å². The number of rotatable bonds is 1. The van der Waals surface area contributed by atoms with Gasteiger partial charge in [0, 0.05) is 17.2 Å². The zero-order valence-corrected chi connectivity index (χ0v) is 15.7. The molecule has 4 nitrogen and oxygen atoms in total. The second kappa shape index (κ2) is 5.58. The lowest BCUT2D eigenvalue weighted by atomic mass is 9.73. The molecule has 1 aromatic carbocycles. The lowest BCUT2D eigenvalue weighted by Crippen LogP contribution is -2.45. The van der Waals surface area contributed by atoms with Gasteiger partial charge in [0.1, 0.15) is 0 Å². The van der Waals surface area contributed by atoms with E-state index < -0.39 is 5.79 Å². The first-order valence-electron chi connectivity index (χ1n) is 8.54. The Labute approximate surface area is 149 Å². The van der Waals surface area contributed by atoms with E-state index in [-0.39, 0.29) is 16.6 Å². The summed E-state index contributed by atoms with van der Waals surface area (Å²) in [4.78, 5) is 18.8. The Bertz CT molecular complexity index is 789. The smallest absolute Gasteiger partial charge is 0.361 e. The molecule has 0 radical (unpaired) electrons. The zero-order chi connectivity index (χ0) is 18.5. The summed E-state index contributed by atoms with van der Waals surface area (Å²) in [5.41, 5.74) is 2.00. The highest BCUT2D eigenvalue weighted by Gasteiger charge is 2.53. The number of nitrogens with zero attached hydrogens (tertiary/aromatic N) is 1. The van der Waals surface area contributed by atoms with E-state index in [1.165, 1.54) is 0 Å². The van der Waals surface area contributed by atoms with Gasteiger partial charge in [0.05, 0.1) is 0 Å². The Balaban J connectivity index is 2.03. The van der Waals surface area contributed by atoms with E-state index >= 15 is 0 Å². The average Bonchev–Trinajstić information content (AvgIpc) is 2.94. The van der Waals surface area contributed by atoms with Crippen molar-refractivity contribution in [3.05, 3.63) is 59.2 Å². The summed E-state index contributed by atoms with van der Waals surface area (Å²) in [6.07, 6.45) is 3.74. The van der Waals surface area contributed by atoms with Gasteiger partial charge in [0.15, 0.2) is 0 Å². The monoisotopic (exact) mass is 339 g/mol. The van der Waals surface area contributed by atoms with Gasteiger partial charge < -0.3 is 9.57 Å². The summed E-state index contributed by atoms with van der Waals surface area (Å²) in [6.45, 7) is 12.4. The Morgan fingerprint density at radius 3 is 2.16 bits per heavy atom. The van der Waals surface area contributed by atoms with Crippen LogP contribution in [0.5, 0.6) is 0 Å². The van der Waals surface area contributed by atoms with E-state index in [1.54, 1.807) is 6.08 Å². The maximum atomic E-state index is 13.2. The van der Waals surface area contributed by atoms with Crippen molar-refractivity contribution in [2.75, 3.05) is 0 Å². The number of carbonyl (C=O) groups excluding carboxylic acids is 1. The van der Waals surface area contributed by atoms with Crippen LogP contribution in [0, 0.1) is 10.8 Å². The van der Waals surface area contributed by atoms with E-state index in [2.05, 4.69) is 25.9 Å². The van der Waals surface area contributed by atoms with Crippen LogP contribution >= 0.6 is 0 Å². The van der Waals surface area contributed by atoms with Gasteiger partial charge in [-0.05, 0) is 33.7 Å². The standard InChI is InChI=1S/C21H25NO3/c1-19(2,3)15-12-16(20(4,5)6)17(23)21(13-15)24-18(22-25-21)14-10-8-7-9-11-14/h7-13H,1-6H3. The van der Waals surface area contributed by atoms with Gasteiger partial charge in [-0.25, -0.2) is 0 Å². The number of allylic oxidation sites excluding steroid dienone is 2. The van der Waals surface area contributed by atoms with Crippen molar-refractivity contribution < 1.29 is 14.4 Å². The summed E-state index contributed by atoms with van der Waals surface area (Å²) < 4.78 is 6.00. The van der Waals surface area contributed by atoms with Crippen LogP contribution < -0.4 is 0 Å². The van der Waals surface area contributed by atoms with Crippen molar-refractivity contribution in [3.8, 4) is 0 Å². The Morgan fingerprint density at radius 2 is 1.60 bits per heavy atom. The number of carbonyl (C=O) groups is 1. The predicted octanol–water partition coefficient (Wildman–Crippen LogP) is 4.62. The minimum absolute atomic E-state index is 0.146. The molecule has 3 rings (SSSR count). The van der Waals surface area contributed by atoms with Gasteiger partial charge >= 0.3 is 5.79 Å². The number of oxime groups is 1. The molecule has 0 amide bonds. The molecule has 25 heavy (non-hydrogen) atoms. The molecular formula is C21H25NO3. The quantitative estimate of drug-likeness (QED) is 0.750. The Hall–Kier alpha value is -2.36. The third kappa shape index (κ3) is 3.13. The van der Waals surface area contributed by atoms with Crippen molar-refractivity contribution in [1.82, 2.24) is 0 Å². The molecule has 1 aromatic rings. The van der Waals surface area contributed by atoms with Crippen molar-refractivity contribution in [2.45, 2.75) is 47.3 Å². The van der Waals surface area contributed by atoms with Crippen molar-refractivity contribution in [3.63, 3.8) is 0 Å². The first-order chi connectivity index (χ1) is 11.5. The Kier molecular flexibility index (Phi) is 3.90. The molecule has 1 spiro atoms. The van der Waals surface area contributed by atoms with Crippen LogP contribution in [-0.2, 0) is 14.4 Å². The van der Waals surface area contributed by atoms with E-state index in [4.69, 9.17) is 9.57 Å². The third-order valence-corrected chi connectivity index (χ3v) is 4.41. The van der Waals surface area contributed by atoms with E-state index in [1.807, 2.05) is 57.2 Å². The number of hydrogen-bond acceptors (Lipinski definition) is 4. The fourth-order valence-corrected chi connectivity index (χ4v) is 2.84. The van der Waals surface area contributed by atoms with Crippen LogP contribution in [0.4, 0.5) is 0 Å². The third-order valence-electron chi connectivity index (χ3n) is 4.41. The highest BCUT2D eigenvalue weighted by atomic mass is 16.8. The fourth-order valence-electron chi connectivity index (χ4n) is 2.84. The second-order valence-corrected chi connectivity index (χ2v) is 8.61. The van der Waals surface area contributed by atoms with Crippen LogP contribution in [0.25, 0.3) is 0 Å². The van der Waals surface area contributed by atoms with Crippen molar-refractivity contribution in [1.29, 1.82) is 0 Å². The molecule has 0 saturated heterocycles. The van der Waals surface area contributed by atoms with E-state index in [0.717, 1.165) is 11.1 Å². The molecule has 4 heteroatoms. The molecule has 0 aromatic heterocycles. The van der Waals surface area contributed by atoms with E-state index in [9.17, 15) is 4.79 Å². The van der Waals surface area contributed by atoms with Crippen molar-refractivity contribution in [2.24, 2.45) is 16.0 Å². The normalized spacial score (nSPS) is 23.6. The number of ether oxygens (including phenoxy) is 1. The summed E-state index contributed by atoms with van der Waals surface area (Å²) >= 11 is 0. The maximum absolute atomic E-state index is 13.2. The summed E-state index contributed by atoms with van der Waals surface area (Å²) in [5.74, 6) is -1.37. The van der Waals surface area contributed by atoms with Gasteiger partial charge in [-0.3, -0.25) is 4.79 Å². The van der Waals surface area contributed by atoms with Crippen molar-refractivity contribution >= 4 is 11.7 Å². The molecule has 1 heterocycles. The molecule has 1 aliphatic heterocycles. The molecule has 1 unspecified atom stereocenters. The predicted molar refractivity (Wildman–Crippen MR) is 98.0 cm³/mol. The molecule has 0 fully saturated rings. The minimum atomic E-state index is -1.51. The van der Waals surface area contributed by atoms with Crippen LogP contribution in [0.1, 0.15) is 47.1 Å². The highest BCUT2D eigenvalue weighted by Crippen LogP contribution is 2.43. The molecule has 0 saturated carbocycles. The van der Waals surface area contributed by atoms with E-state index in [0.29, 0.717) is 11.5 Å². The van der Waals surface area contributed by atoms with Crippen LogP contribution in [0.2, 0.25) is 0 Å². The molecule has 1 atom stereocenters. The minimum Gasteiger partial charge on any atom is -0.420 e. The van der Waals surface area contributed by atoms with Gasteiger partial charge in [0.2, 0.25) is 5.78 Å². The lowest BCUT2D eigenvalue weighted by molar-refractivity contribution is -0.162. The number of benzene rings is 1. The lowest BCUT2D eigenvalue weighted by Gasteiger charge is -2.35. The number of ketones is 1. The molecule has 1 aliphatic carbocycles. The SMILES string of the molecule is CC(C)(C)C1=CC2(ON=C(c3ccccc3)O2)C(=O)C(C(C)(C)C)=C1. The molecule has 0 N–H and O–H groups in total. The number of Topliss-reactive ketones (excluding diaryl/α,β-unsaturated/α-hetero) is 1. The average molecular weight is 339 g/mol. The molecule has 0 bridgehead atoms. The zero-order valence-electron chi connectivity index (χ0n) is 15.7. The van der Waals surface area contributed by atoms with Gasteiger partial charge in [-0.1, -0.05) is 65.8 Å².